The quantitative estimate of drug-likeness (QED) is 0.435. The largest absolute Gasteiger partial charge is 0.435 e. The summed E-state index contributed by atoms with van der Waals surface area (Å²) >= 11 is 0. The molecule has 1 amide bonds. The second-order valence-corrected chi connectivity index (χ2v) is 0.780. The first-order chi connectivity index (χ1) is 3.27. The zero-order valence-electron chi connectivity index (χ0n) is 3.60. The van der Waals surface area contributed by atoms with E-state index in [1.165, 1.54) is 0 Å². The molecule has 1 N–H and O–H groups in total. The highest BCUT2D eigenvalue weighted by Gasteiger charge is 1.86. The van der Waals surface area contributed by atoms with E-state index in [2.05, 4.69) is 11.2 Å². The van der Waals surface area contributed by atoms with Gasteiger partial charge >= 0.3 is 6.09 Å². The van der Waals surface area contributed by atoms with Crippen molar-refractivity contribution < 1.29 is 9.53 Å². The number of terminal acetylenes is 1. The summed E-state index contributed by atoms with van der Waals surface area (Å²) in [4.78, 5) is 9.55. The lowest BCUT2D eigenvalue weighted by Crippen LogP contribution is -2.01. The van der Waals surface area contributed by atoms with Crippen LogP contribution in [0.5, 0.6) is 0 Å². The van der Waals surface area contributed by atoms with Gasteiger partial charge in [-0.15, -0.1) is 6.42 Å². The number of carbonyl (C=O) groups is 1. The molecule has 3 heteroatoms. The summed E-state index contributed by atoms with van der Waals surface area (Å²) in [5.74, 6) is 2.04. The van der Waals surface area contributed by atoms with Crippen molar-refractivity contribution in [3.8, 4) is 12.3 Å². The Hall–Kier alpha value is -1.17. The van der Waals surface area contributed by atoms with Crippen molar-refractivity contribution >= 4 is 6.09 Å². The van der Waals surface area contributed by atoms with Crippen molar-refractivity contribution in [2.24, 2.45) is 0 Å². The van der Waals surface area contributed by atoms with Crippen LogP contribution < -0.4 is 5.73 Å². The van der Waals surface area contributed by atoms with Gasteiger partial charge in [0.25, 0.3) is 0 Å². The molecule has 0 fully saturated rings. The van der Waals surface area contributed by atoms with Crippen molar-refractivity contribution in [1.82, 2.24) is 5.73 Å². The van der Waals surface area contributed by atoms with Crippen molar-refractivity contribution in [3.05, 3.63) is 0 Å². The zero-order valence-corrected chi connectivity index (χ0v) is 3.60. The fourth-order valence-electron chi connectivity index (χ4n) is 0.107. The normalized spacial score (nSPS) is 6.71. The van der Waals surface area contributed by atoms with Crippen LogP contribution in [0.1, 0.15) is 0 Å². The van der Waals surface area contributed by atoms with Gasteiger partial charge in [-0.05, 0) is 0 Å². The lowest BCUT2D eigenvalue weighted by Gasteiger charge is -1.87. The third-order valence-corrected chi connectivity index (χ3v) is 0.287. The van der Waals surface area contributed by atoms with E-state index in [1.807, 2.05) is 5.92 Å². The number of rotatable bonds is 1. The maximum absolute atomic E-state index is 9.55. The van der Waals surface area contributed by atoms with Gasteiger partial charge in [0.1, 0.15) is 0 Å². The molecule has 37 valence electrons. The van der Waals surface area contributed by atoms with E-state index >= 15 is 0 Å². The van der Waals surface area contributed by atoms with Crippen LogP contribution in [0.15, 0.2) is 0 Å². The summed E-state index contributed by atoms with van der Waals surface area (Å²) in [5, 5.41) is 0. The summed E-state index contributed by atoms with van der Waals surface area (Å²) in [6.07, 6.45) is 3.58. The lowest BCUT2D eigenvalue weighted by atomic mass is 10.8. The first-order valence-electron chi connectivity index (χ1n) is 1.59. The number of hydrogen-bond donors (Lipinski definition) is 0. The second kappa shape index (κ2) is 3.04. The Balaban J connectivity index is 3.02. The van der Waals surface area contributed by atoms with Gasteiger partial charge in [-0.25, -0.2) is 10.5 Å². The summed E-state index contributed by atoms with van der Waals surface area (Å²) in [7, 11) is 0. The minimum absolute atomic E-state index is 0.109. The molecule has 1 radical (unpaired) electrons. The molecular formula is C4H4NO2. The Morgan fingerprint density at radius 2 is 2.57 bits per heavy atom. The molecule has 0 saturated carbocycles. The average Bonchev–Trinajstić information content (AvgIpc) is 1.61. The predicted molar refractivity (Wildman–Crippen MR) is 23.3 cm³/mol. The highest BCUT2D eigenvalue weighted by atomic mass is 16.5. The van der Waals surface area contributed by atoms with Crippen LogP contribution in [0.2, 0.25) is 0 Å². The predicted octanol–water partition coefficient (Wildman–Crippen LogP) is 0.0391. The molecule has 0 aliphatic rings. The lowest BCUT2D eigenvalue weighted by molar-refractivity contribution is 0.169. The Kier molecular flexibility index (Phi) is 2.53. The van der Waals surface area contributed by atoms with Crippen LogP contribution in [-0.2, 0) is 4.74 Å². The van der Waals surface area contributed by atoms with Crippen LogP contribution in [-0.4, -0.2) is 12.7 Å². The standard InChI is InChI=1S/C4H4NO2/c1-2-3-7-4(5)6/h1,5H,3H2. The average molecular weight is 98.1 g/mol. The molecule has 0 spiro atoms. The molecule has 7 heavy (non-hydrogen) atoms. The number of nitrogens with one attached hydrogen (secondary N) is 1. The van der Waals surface area contributed by atoms with Crippen molar-refractivity contribution in [1.29, 1.82) is 0 Å². The first kappa shape index (κ1) is 5.83. The van der Waals surface area contributed by atoms with Crippen molar-refractivity contribution in [2.45, 2.75) is 0 Å². The molecule has 0 aromatic heterocycles. The van der Waals surface area contributed by atoms with Crippen molar-refractivity contribution in [3.63, 3.8) is 0 Å². The minimum Gasteiger partial charge on any atom is -0.435 e. The number of hydrogen-bond acceptors (Lipinski definition) is 2. The molecule has 3 nitrogen and oxygen atoms in total. The number of ether oxygens (including phenoxy) is 1. The maximum atomic E-state index is 9.55. The van der Waals surface area contributed by atoms with Gasteiger partial charge in [-0.2, -0.15) is 0 Å². The van der Waals surface area contributed by atoms with Crippen LogP contribution in [0.4, 0.5) is 4.79 Å². The Bertz CT molecular complexity index is 103. The molecular weight excluding hydrogens is 94.0 g/mol. The molecule has 0 aliphatic heterocycles. The van der Waals surface area contributed by atoms with E-state index in [0.717, 1.165) is 0 Å². The number of amides is 1. The Morgan fingerprint density at radius 1 is 2.00 bits per heavy atom. The van der Waals surface area contributed by atoms with Gasteiger partial charge < -0.3 is 4.74 Å². The zero-order chi connectivity index (χ0) is 5.70. The van der Waals surface area contributed by atoms with Crippen molar-refractivity contribution in [2.75, 3.05) is 6.61 Å². The van der Waals surface area contributed by atoms with E-state index in [4.69, 9.17) is 5.73 Å². The molecule has 0 aromatic rings. The van der Waals surface area contributed by atoms with Gasteiger partial charge in [0.15, 0.2) is 6.61 Å². The minimum atomic E-state index is -1.09. The maximum Gasteiger partial charge on any atom is 0.427 e. The smallest absolute Gasteiger partial charge is 0.427 e. The Morgan fingerprint density at radius 3 is 2.71 bits per heavy atom. The molecule has 0 bridgehead atoms. The highest BCUT2D eigenvalue weighted by Crippen LogP contribution is 1.69. The van der Waals surface area contributed by atoms with Crippen LogP contribution in [0.3, 0.4) is 0 Å². The van der Waals surface area contributed by atoms with Gasteiger partial charge in [-0.3, -0.25) is 0 Å². The summed E-state index contributed by atoms with van der Waals surface area (Å²) in [5.41, 5.74) is 6.12. The molecule has 0 aliphatic carbocycles. The summed E-state index contributed by atoms with van der Waals surface area (Å²) < 4.78 is 3.98. The van der Waals surface area contributed by atoms with E-state index < -0.39 is 6.09 Å². The Labute approximate surface area is 41.4 Å². The van der Waals surface area contributed by atoms with E-state index in [-0.39, 0.29) is 6.61 Å². The van der Waals surface area contributed by atoms with Gasteiger partial charge in [0.05, 0.1) is 0 Å². The van der Waals surface area contributed by atoms with Gasteiger partial charge in [0, 0.05) is 0 Å². The molecule has 0 saturated heterocycles. The fraction of sp³-hybridized carbons (Fsp3) is 0.250. The van der Waals surface area contributed by atoms with Crippen LogP contribution >= 0.6 is 0 Å². The monoisotopic (exact) mass is 98.0 g/mol. The van der Waals surface area contributed by atoms with E-state index in [0.29, 0.717) is 0 Å². The first-order valence-corrected chi connectivity index (χ1v) is 1.59. The number of carbonyl (C=O) groups excluding carboxylic acids is 1. The van der Waals surface area contributed by atoms with E-state index in [1.54, 1.807) is 0 Å². The molecule has 0 rings (SSSR count). The van der Waals surface area contributed by atoms with Crippen LogP contribution in [0, 0.1) is 12.3 Å². The molecule has 0 aromatic carbocycles. The summed E-state index contributed by atoms with van der Waals surface area (Å²) in [6.45, 7) is -0.109. The van der Waals surface area contributed by atoms with Gasteiger partial charge in [0.2, 0.25) is 0 Å². The second-order valence-electron chi connectivity index (χ2n) is 0.780. The summed E-state index contributed by atoms with van der Waals surface area (Å²) in [6, 6.07) is 0. The molecule has 0 atom stereocenters. The SMILES string of the molecule is C#CCOC([NH])=O. The molecule has 0 unspecified atom stereocenters. The third-order valence-electron chi connectivity index (χ3n) is 0.287. The van der Waals surface area contributed by atoms with Gasteiger partial charge in [-0.1, -0.05) is 5.92 Å². The topological polar surface area (TPSA) is 50.1 Å². The fourth-order valence-corrected chi connectivity index (χ4v) is 0.107. The third kappa shape index (κ3) is 4.83. The van der Waals surface area contributed by atoms with Crippen LogP contribution in [0.25, 0.3) is 0 Å². The van der Waals surface area contributed by atoms with E-state index in [9.17, 15) is 4.79 Å². The molecule has 0 heterocycles. The highest BCUT2D eigenvalue weighted by molar-refractivity contribution is 5.63.